The molecule has 8 nitrogen and oxygen atoms in total. The lowest BCUT2D eigenvalue weighted by atomic mass is 9.89. The largest absolute Gasteiger partial charge is 0.337 e. The predicted molar refractivity (Wildman–Crippen MR) is 154 cm³/mol. The minimum atomic E-state index is -0.0535. The first-order valence-corrected chi connectivity index (χ1v) is 13.2. The van der Waals surface area contributed by atoms with Crippen molar-refractivity contribution in [2.24, 2.45) is 10.9 Å². The summed E-state index contributed by atoms with van der Waals surface area (Å²) in [6.07, 6.45) is 9.31. The van der Waals surface area contributed by atoms with E-state index in [1.54, 1.807) is 24.8 Å². The first-order chi connectivity index (χ1) is 19.0. The molecule has 1 aliphatic rings. The second kappa shape index (κ2) is 10.2. The highest BCUT2D eigenvalue weighted by Gasteiger charge is 2.27. The molecule has 5 aromatic rings. The Morgan fingerprint density at radius 1 is 0.974 bits per heavy atom. The van der Waals surface area contributed by atoms with Crippen molar-refractivity contribution in [3.8, 4) is 22.3 Å². The number of nitrogens with zero attached hydrogens (tertiary/aromatic N) is 5. The summed E-state index contributed by atoms with van der Waals surface area (Å²) in [5, 5.41) is 2.89. The summed E-state index contributed by atoms with van der Waals surface area (Å²) in [5.41, 5.74) is 9.12. The molecule has 6 rings (SSSR count). The van der Waals surface area contributed by atoms with Crippen molar-refractivity contribution in [3.63, 3.8) is 0 Å². The van der Waals surface area contributed by atoms with Gasteiger partial charge in [-0.1, -0.05) is 32.9 Å². The van der Waals surface area contributed by atoms with Gasteiger partial charge < -0.3 is 10.3 Å². The Hall–Kier alpha value is -4.72. The van der Waals surface area contributed by atoms with Crippen molar-refractivity contribution in [3.05, 3.63) is 90.5 Å². The third kappa shape index (κ3) is 4.69. The van der Waals surface area contributed by atoms with Gasteiger partial charge in [0.25, 0.3) is 0 Å². The average molecular weight is 516 g/mol. The summed E-state index contributed by atoms with van der Waals surface area (Å²) in [7, 11) is 0. The smallest absolute Gasteiger partial charge is 0.224 e. The number of carbonyl (C=O) groups excluding carboxylic acids is 1. The summed E-state index contributed by atoms with van der Waals surface area (Å²) in [5.74, 6) is 1.21. The molecule has 1 aromatic carbocycles. The van der Waals surface area contributed by atoms with Crippen LogP contribution in [0.4, 0.5) is 5.69 Å². The van der Waals surface area contributed by atoms with Gasteiger partial charge in [-0.25, -0.2) is 4.98 Å². The normalized spacial score (nSPS) is 16.8. The Kier molecular flexibility index (Phi) is 6.44. The number of rotatable bonds is 5. The lowest BCUT2D eigenvalue weighted by molar-refractivity contribution is -0.115. The van der Waals surface area contributed by atoms with Gasteiger partial charge in [0.05, 0.1) is 28.6 Å². The zero-order valence-electron chi connectivity index (χ0n) is 22.1. The molecule has 39 heavy (non-hydrogen) atoms. The second-order valence-electron chi connectivity index (χ2n) is 10.00. The molecule has 0 saturated carbocycles. The van der Waals surface area contributed by atoms with Gasteiger partial charge in [-0.05, 0) is 41.8 Å². The van der Waals surface area contributed by atoms with Gasteiger partial charge in [-0.3, -0.25) is 24.7 Å². The van der Waals surface area contributed by atoms with Crippen molar-refractivity contribution < 1.29 is 4.79 Å². The third-order valence-electron chi connectivity index (χ3n) is 7.40. The van der Waals surface area contributed by atoms with Crippen molar-refractivity contribution in [1.82, 2.24) is 24.9 Å². The summed E-state index contributed by atoms with van der Waals surface area (Å²) >= 11 is 0. The van der Waals surface area contributed by atoms with Crippen LogP contribution < -0.4 is 5.32 Å². The molecule has 0 saturated heterocycles. The Labute approximate surface area is 226 Å². The molecule has 0 radical (unpaired) electrons. The van der Waals surface area contributed by atoms with Crippen LogP contribution in [0.15, 0.2) is 78.4 Å². The van der Waals surface area contributed by atoms with Crippen LogP contribution in [-0.4, -0.2) is 43.1 Å². The lowest BCUT2D eigenvalue weighted by Crippen LogP contribution is -2.12. The number of amides is 1. The number of carbonyl (C=O) groups is 1. The number of aromatic amines is 1. The van der Waals surface area contributed by atoms with E-state index in [9.17, 15) is 4.79 Å². The molecular weight excluding hydrogens is 486 g/mol. The van der Waals surface area contributed by atoms with E-state index < -0.39 is 0 Å². The van der Waals surface area contributed by atoms with E-state index in [0.717, 1.165) is 56.1 Å². The molecular formula is C31H29N7O. The highest BCUT2D eigenvalue weighted by Crippen LogP contribution is 2.34. The Morgan fingerprint density at radius 3 is 2.62 bits per heavy atom. The van der Waals surface area contributed by atoms with Crippen LogP contribution in [0.2, 0.25) is 0 Å². The predicted octanol–water partition coefficient (Wildman–Crippen LogP) is 6.02. The minimum absolute atomic E-state index is 0.0535. The van der Waals surface area contributed by atoms with Crippen LogP contribution in [0.25, 0.3) is 33.3 Å². The van der Waals surface area contributed by atoms with Gasteiger partial charge in [-0.2, -0.15) is 0 Å². The van der Waals surface area contributed by atoms with Gasteiger partial charge >= 0.3 is 0 Å². The number of nitrogens with one attached hydrogen (secondary N) is 2. The molecule has 2 N–H and O–H groups in total. The van der Waals surface area contributed by atoms with Crippen LogP contribution in [0, 0.1) is 5.92 Å². The maximum Gasteiger partial charge on any atom is 0.224 e. The molecule has 0 fully saturated rings. The Bertz CT molecular complexity index is 1710. The number of fused-ring (bicyclic) bond motifs is 2. The number of benzene rings is 1. The Morgan fingerprint density at radius 2 is 1.79 bits per heavy atom. The molecule has 0 bridgehead atoms. The standard InChI is InChI=1S/C31H29N7O/c1-4-27(39)36-23-12-21(15-33-17-23)22-13-25-28(35-16-22)19(3)18(2)14-34-30(25)31-37-26-7-5-6-24(29(26)38-31)20-8-10-32-11-9-20/h5-13,15-19H,4,14H2,1-3H3,(H,36,39)(H,37,38). The van der Waals surface area contributed by atoms with Gasteiger partial charge in [-0.15, -0.1) is 0 Å². The van der Waals surface area contributed by atoms with Crippen molar-refractivity contribution >= 4 is 28.3 Å². The number of aromatic nitrogens is 5. The van der Waals surface area contributed by atoms with Crippen molar-refractivity contribution in [2.45, 2.75) is 33.1 Å². The quantitative estimate of drug-likeness (QED) is 0.297. The lowest BCUT2D eigenvalue weighted by Gasteiger charge is -2.18. The van der Waals surface area contributed by atoms with Gasteiger partial charge in [0.15, 0.2) is 5.82 Å². The molecule has 2 atom stereocenters. The average Bonchev–Trinajstić information content (AvgIpc) is 3.36. The molecule has 194 valence electrons. The molecule has 1 amide bonds. The molecule has 4 aromatic heterocycles. The summed E-state index contributed by atoms with van der Waals surface area (Å²) in [4.78, 5) is 39.0. The number of aliphatic imine (C=N–C) groups is 1. The van der Waals surface area contributed by atoms with Crippen LogP contribution in [0.5, 0.6) is 0 Å². The highest BCUT2D eigenvalue weighted by molar-refractivity contribution is 6.13. The fourth-order valence-corrected chi connectivity index (χ4v) is 4.96. The molecule has 2 unspecified atom stereocenters. The number of H-pyrrole nitrogens is 1. The van der Waals surface area contributed by atoms with E-state index in [1.165, 1.54) is 0 Å². The van der Waals surface area contributed by atoms with E-state index in [1.807, 2.05) is 43.5 Å². The summed E-state index contributed by atoms with van der Waals surface area (Å²) < 4.78 is 0. The zero-order valence-corrected chi connectivity index (χ0v) is 22.1. The maximum atomic E-state index is 11.9. The third-order valence-corrected chi connectivity index (χ3v) is 7.40. The molecule has 0 aliphatic carbocycles. The molecule has 0 spiro atoms. The van der Waals surface area contributed by atoms with Gasteiger partial charge in [0.2, 0.25) is 5.91 Å². The molecule has 5 heterocycles. The van der Waals surface area contributed by atoms with E-state index in [-0.39, 0.29) is 11.8 Å². The summed E-state index contributed by atoms with van der Waals surface area (Å²) in [6.45, 7) is 6.92. The number of hydrogen-bond donors (Lipinski definition) is 2. The number of anilines is 1. The SMILES string of the molecule is CCC(=O)Nc1cncc(-c2cnc3c(c2)C(c2nc4c(-c5ccncc5)cccc4[nH]2)=NCC(C)C3C)c1. The van der Waals surface area contributed by atoms with Crippen LogP contribution in [-0.2, 0) is 4.79 Å². The van der Waals surface area contributed by atoms with E-state index >= 15 is 0 Å². The second-order valence-corrected chi connectivity index (χ2v) is 10.00. The Balaban J connectivity index is 1.47. The minimum Gasteiger partial charge on any atom is -0.337 e. The van der Waals surface area contributed by atoms with Crippen molar-refractivity contribution in [1.29, 1.82) is 0 Å². The molecule has 8 heteroatoms. The van der Waals surface area contributed by atoms with Gasteiger partial charge in [0, 0.05) is 65.9 Å². The zero-order chi connectivity index (χ0) is 26.9. The first-order valence-electron chi connectivity index (χ1n) is 13.2. The topological polar surface area (TPSA) is 109 Å². The summed E-state index contributed by atoms with van der Waals surface area (Å²) in [6, 6.07) is 14.2. The first kappa shape index (κ1) is 24.6. The fraction of sp³-hybridized carbons (Fsp3) is 0.226. The maximum absolute atomic E-state index is 11.9. The monoisotopic (exact) mass is 515 g/mol. The van der Waals surface area contributed by atoms with Gasteiger partial charge in [0.1, 0.15) is 5.71 Å². The van der Waals surface area contributed by atoms with E-state index in [4.69, 9.17) is 15.0 Å². The number of pyridine rings is 3. The number of para-hydroxylation sites is 1. The van der Waals surface area contributed by atoms with Crippen LogP contribution in [0.1, 0.15) is 50.2 Å². The van der Waals surface area contributed by atoms with Crippen molar-refractivity contribution in [2.75, 3.05) is 11.9 Å². The van der Waals surface area contributed by atoms with Crippen LogP contribution in [0.3, 0.4) is 0 Å². The van der Waals surface area contributed by atoms with Crippen LogP contribution >= 0.6 is 0 Å². The number of hydrogen-bond acceptors (Lipinski definition) is 6. The highest BCUT2D eigenvalue weighted by atomic mass is 16.1. The molecule has 1 aliphatic heterocycles. The number of imidazole rings is 1. The van der Waals surface area contributed by atoms with E-state index in [0.29, 0.717) is 24.6 Å². The van der Waals surface area contributed by atoms with E-state index in [2.05, 4.69) is 46.2 Å². The fourth-order valence-electron chi connectivity index (χ4n) is 4.96.